The Bertz CT molecular complexity index is 1180. The molecule has 0 amide bonds. The normalized spacial score (nSPS) is 18.9. The molecule has 2 aliphatic heterocycles. The van der Waals surface area contributed by atoms with E-state index < -0.39 is 0 Å². The van der Waals surface area contributed by atoms with Crippen LogP contribution in [0.3, 0.4) is 0 Å². The molecule has 0 aliphatic carbocycles. The van der Waals surface area contributed by atoms with Crippen LogP contribution >= 0.6 is 0 Å². The Morgan fingerprint density at radius 3 is 2.32 bits per heavy atom. The molecule has 0 unspecified atom stereocenters. The molecule has 0 radical (unpaired) electrons. The molecule has 2 aliphatic rings. The lowest BCUT2D eigenvalue weighted by Gasteiger charge is -2.24. The molecule has 174 valence electrons. The second-order valence-corrected chi connectivity index (χ2v) is 9.36. The van der Waals surface area contributed by atoms with Gasteiger partial charge in [-0.3, -0.25) is 4.90 Å². The lowest BCUT2D eigenvalue weighted by atomic mass is 9.91. The van der Waals surface area contributed by atoms with Crippen molar-refractivity contribution in [1.82, 2.24) is 24.8 Å². The predicted octanol–water partition coefficient (Wildman–Crippen LogP) is 4.27. The fourth-order valence-corrected chi connectivity index (χ4v) is 5.42. The van der Waals surface area contributed by atoms with E-state index in [1.807, 2.05) is 0 Å². The van der Waals surface area contributed by atoms with Crippen LogP contribution in [0.5, 0.6) is 0 Å². The SMILES string of the molecule is c1ccc(C(CNc2nc(N3CC[C@@H](N4CCCC4)C3)nc3nc[nH]c23)c2ccccc2)cc1. The number of fused-ring (bicyclic) bond motifs is 1. The molecule has 2 aromatic carbocycles. The van der Waals surface area contributed by atoms with E-state index in [9.17, 15) is 0 Å². The smallest absolute Gasteiger partial charge is 0.229 e. The summed E-state index contributed by atoms with van der Waals surface area (Å²) in [5.41, 5.74) is 4.14. The van der Waals surface area contributed by atoms with Crippen LogP contribution in [0.2, 0.25) is 0 Å². The summed E-state index contributed by atoms with van der Waals surface area (Å²) in [6.07, 6.45) is 5.53. The Labute approximate surface area is 200 Å². The lowest BCUT2D eigenvalue weighted by Crippen LogP contribution is -2.35. The molecule has 2 fully saturated rings. The van der Waals surface area contributed by atoms with Gasteiger partial charge in [-0.2, -0.15) is 9.97 Å². The number of rotatable bonds is 7. The Balaban J connectivity index is 1.26. The monoisotopic (exact) mass is 453 g/mol. The topological polar surface area (TPSA) is 73.0 Å². The number of aromatic nitrogens is 4. The number of nitrogens with zero attached hydrogens (tertiary/aromatic N) is 5. The van der Waals surface area contributed by atoms with Crippen LogP contribution in [0.25, 0.3) is 11.2 Å². The quantitative estimate of drug-likeness (QED) is 0.435. The van der Waals surface area contributed by atoms with Crippen LogP contribution < -0.4 is 10.2 Å². The first-order valence-electron chi connectivity index (χ1n) is 12.4. The third-order valence-electron chi connectivity index (χ3n) is 7.25. The van der Waals surface area contributed by atoms with Crippen molar-refractivity contribution in [2.45, 2.75) is 31.2 Å². The number of imidazole rings is 1. The number of H-pyrrole nitrogens is 1. The lowest BCUT2D eigenvalue weighted by molar-refractivity contribution is 0.260. The van der Waals surface area contributed by atoms with E-state index in [1.54, 1.807) is 6.33 Å². The molecular weight excluding hydrogens is 422 g/mol. The highest BCUT2D eigenvalue weighted by Crippen LogP contribution is 2.29. The van der Waals surface area contributed by atoms with Gasteiger partial charge in [0.05, 0.1) is 6.33 Å². The van der Waals surface area contributed by atoms with Crippen molar-refractivity contribution < 1.29 is 0 Å². The van der Waals surface area contributed by atoms with Gasteiger partial charge in [-0.15, -0.1) is 0 Å². The molecule has 7 nitrogen and oxygen atoms in total. The van der Waals surface area contributed by atoms with E-state index in [4.69, 9.17) is 9.97 Å². The van der Waals surface area contributed by atoms with Crippen LogP contribution in [0.4, 0.5) is 11.8 Å². The van der Waals surface area contributed by atoms with E-state index >= 15 is 0 Å². The molecule has 34 heavy (non-hydrogen) atoms. The highest BCUT2D eigenvalue weighted by Gasteiger charge is 2.31. The number of nitrogens with one attached hydrogen (secondary N) is 2. The highest BCUT2D eigenvalue weighted by molar-refractivity contribution is 5.83. The third-order valence-corrected chi connectivity index (χ3v) is 7.25. The largest absolute Gasteiger partial charge is 0.367 e. The second-order valence-electron chi connectivity index (χ2n) is 9.36. The van der Waals surface area contributed by atoms with Crippen LogP contribution in [-0.4, -0.2) is 63.6 Å². The first kappa shape index (κ1) is 21.1. The molecule has 4 heterocycles. The number of anilines is 2. The van der Waals surface area contributed by atoms with Gasteiger partial charge < -0.3 is 15.2 Å². The summed E-state index contributed by atoms with van der Waals surface area (Å²) in [5.74, 6) is 1.81. The minimum Gasteiger partial charge on any atom is -0.367 e. The molecule has 7 heteroatoms. The van der Waals surface area contributed by atoms with Gasteiger partial charge in [0, 0.05) is 31.6 Å². The zero-order valence-electron chi connectivity index (χ0n) is 19.4. The molecule has 0 saturated carbocycles. The molecule has 2 aromatic heterocycles. The molecule has 2 N–H and O–H groups in total. The molecule has 4 aromatic rings. The van der Waals surface area contributed by atoms with Gasteiger partial charge in [-0.05, 0) is 43.5 Å². The Hall–Kier alpha value is -3.45. The second kappa shape index (κ2) is 9.43. The molecule has 6 rings (SSSR count). The van der Waals surface area contributed by atoms with Crippen LogP contribution in [0.15, 0.2) is 67.0 Å². The summed E-state index contributed by atoms with van der Waals surface area (Å²) in [5, 5.41) is 3.64. The summed E-state index contributed by atoms with van der Waals surface area (Å²) in [6.45, 7) is 5.17. The Kier molecular flexibility index (Phi) is 5.85. The molecule has 0 bridgehead atoms. The van der Waals surface area contributed by atoms with Crippen LogP contribution in [0, 0.1) is 0 Å². The average molecular weight is 454 g/mol. The van der Waals surface area contributed by atoms with Crippen molar-refractivity contribution >= 4 is 22.9 Å². The van der Waals surface area contributed by atoms with Crippen molar-refractivity contribution in [1.29, 1.82) is 0 Å². The fourth-order valence-electron chi connectivity index (χ4n) is 5.42. The van der Waals surface area contributed by atoms with Crippen molar-refractivity contribution in [2.24, 2.45) is 0 Å². The van der Waals surface area contributed by atoms with E-state index in [2.05, 4.69) is 85.7 Å². The molecule has 1 atom stereocenters. The van der Waals surface area contributed by atoms with Gasteiger partial charge in [0.15, 0.2) is 11.5 Å². The number of benzene rings is 2. The predicted molar refractivity (Wildman–Crippen MR) is 136 cm³/mol. The molecule has 0 spiro atoms. The average Bonchev–Trinajstić information content (AvgIpc) is 3.67. The van der Waals surface area contributed by atoms with E-state index in [-0.39, 0.29) is 5.92 Å². The van der Waals surface area contributed by atoms with E-state index in [0.29, 0.717) is 11.7 Å². The van der Waals surface area contributed by atoms with Crippen molar-refractivity contribution in [3.63, 3.8) is 0 Å². The Morgan fingerprint density at radius 1 is 0.912 bits per heavy atom. The van der Waals surface area contributed by atoms with Gasteiger partial charge >= 0.3 is 0 Å². The van der Waals surface area contributed by atoms with Gasteiger partial charge in [0.1, 0.15) is 5.52 Å². The summed E-state index contributed by atoms with van der Waals surface area (Å²) < 4.78 is 0. The molecular formula is C27H31N7. The summed E-state index contributed by atoms with van der Waals surface area (Å²) in [6, 6.07) is 21.9. The van der Waals surface area contributed by atoms with E-state index in [1.165, 1.54) is 43.5 Å². The van der Waals surface area contributed by atoms with Crippen molar-refractivity contribution in [2.75, 3.05) is 42.9 Å². The number of hydrogen-bond donors (Lipinski definition) is 2. The summed E-state index contributed by atoms with van der Waals surface area (Å²) in [7, 11) is 0. The van der Waals surface area contributed by atoms with E-state index in [0.717, 1.165) is 36.9 Å². The number of hydrogen-bond acceptors (Lipinski definition) is 6. The van der Waals surface area contributed by atoms with Gasteiger partial charge in [-0.1, -0.05) is 60.7 Å². The number of likely N-dealkylation sites (tertiary alicyclic amines) is 1. The van der Waals surface area contributed by atoms with Crippen LogP contribution in [-0.2, 0) is 0 Å². The maximum absolute atomic E-state index is 4.99. The summed E-state index contributed by atoms with van der Waals surface area (Å²) >= 11 is 0. The Morgan fingerprint density at radius 2 is 1.62 bits per heavy atom. The fraction of sp³-hybridized carbons (Fsp3) is 0.370. The van der Waals surface area contributed by atoms with Crippen molar-refractivity contribution in [3.05, 3.63) is 78.1 Å². The van der Waals surface area contributed by atoms with Gasteiger partial charge in [0.2, 0.25) is 5.95 Å². The first-order valence-corrected chi connectivity index (χ1v) is 12.4. The third kappa shape index (κ3) is 4.23. The highest BCUT2D eigenvalue weighted by atomic mass is 15.3. The van der Waals surface area contributed by atoms with Crippen molar-refractivity contribution in [3.8, 4) is 0 Å². The minimum atomic E-state index is 0.213. The first-order chi connectivity index (χ1) is 16.8. The standard InChI is InChI=1S/C27H31N7/c1-3-9-20(10-4-1)23(21-11-5-2-6-12-21)17-28-25-24-26(30-19-29-24)32-27(31-25)34-16-13-22(18-34)33-14-7-8-15-33/h1-6,9-12,19,22-23H,7-8,13-18H2,(H2,28,29,30,31,32)/t22-/m1/s1. The number of aromatic amines is 1. The van der Waals surface area contributed by atoms with Crippen LogP contribution in [0.1, 0.15) is 36.3 Å². The van der Waals surface area contributed by atoms with Gasteiger partial charge in [0.25, 0.3) is 0 Å². The molecule has 2 saturated heterocycles. The zero-order valence-corrected chi connectivity index (χ0v) is 19.4. The summed E-state index contributed by atoms with van der Waals surface area (Å²) in [4.78, 5) is 22.5. The van der Waals surface area contributed by atoms with Gasteiger partial charge in [-0.25, -0.2) is 4.98 Å². The zero-order chi connectivity index (χ0) is 22.7. The maximum atomic E-state index is 4.99. The maximum Gasteiger partial charge on any atom is 0.229 e. The minimum absolute atomic E-state index is 0.213.